The van der Waals surface area contributed by atoms with Crippen LogP contribution in [0.1, 0.15) is 44.6 Å². The number of anilines is 1. The first-order chi connectivity index (χ1) is 15.0. The van der Waals surface area contributed by atoms with Crippen LogP contribution < -0.4 is 9.64 Å². The Morgan fingerprint density at radius 2 is 1.74 bits per heavy atom. The highest BCUT2D eigenvalue weighted by Gasteiger charge is 2.34. The summed E-state index contributed by atoms with van der Waals surface area (Å²) in [6.07, 6.45) is 0.955. The van der Waals surface area contributed by atoms with Crippen LogP contribution in [0.3, 0.4) is 0 Å². The van der Waals surface area contributed by atoms with Crippen LogP contribution in [-0.4, -0.2) is 58.4 Å². The summed E-state index contributed by atoms with van der Waals surface area (Å²) in [5, 5.41) is 13.0. The molecule has 1 fully saturated rings. The Labute approximate surface area is 184 Å². The number of tetrazole rings is 1. The van der Waals surface area contributed by atoms with Crippen LogP contribution >= 0.6 is 0 Å². The first-order valence-corrected chi connectivity index (χ1v) is 11.0. The molecule has 2 heterocycles. The van der Waals surface area contributed by atoms with E-state index in [1.807, 2.05) is 16.8 Å². The summed E-state index contributed by atoms with van der Waals surface area (Å²) in [6, 6.07) is 18.9. The normalized spacial score (nSPS) is 16.3. The van der Waals surface area contributed by atoms with E-state index in [0.29, 0.717) is 0 Å². The minimum Gasteiger partial charge on any atom is -0.497 e. The number of piperazine rings is 1. The van der Waals surface area contributed by atoms with Crippen molar-refractivity contribution in [2.75, 3.05) is 38.2 Å². The van der Waals surface area contributed by atoms with Crippen molar-refractivity contribution in [2.45, 2.75) is 38.8 Å². The molecule has 1 aromatic heterocycles. The Balaban J connectivity index is 1.61. The lowest BCUT2D eigenvalue weighted by atomic mass is 9.99. The largest absolute Gasteiger partial charge is 0.497 e. The molecule has 1 atom stereocenters. The summed E-state index contributed by atoms with van der Waals surface area (Å²) in [7, 11) is 1.71. The molecule has 3 aromatic rings. The second-order valence-electron chi connectivity index (χ2n) is 8.65. The van der Waals surface area contributed by atoms with E-state index >= 15 is 0 Å². The smallest absolute Gasteiger partial charge is 0.173 e. The van der Waals surface area contributed by atoms with Gasteiger partial charge in [0.2, 0.25) is 0 Å². The zero-order valence-corrected chi connectivity index (χ0v) is 18.9. The maximum atomic E-state index is 5.41. The summed E-state index contributed by atoms with van der Waals surface area (Å²) in [5.74, 6) is 1.80. The van der Waals surface area contributed by atoms with Crippen molar-refractivity contribution in [2.24, 2.45) is 0 Å². The van der Waals surface area contributed by atoms with Gasteiger partial charge in [-0.05, 0) is 48.4 Å². The molecule has 7 heteroatoms. The molecular formula is C24H32N6O. The van der Waals surface area contributed by atoms with Gasteiger partial charge in [0.1, 0.15) is 5.75 Å². The highest BCUT2D eigenvalue weighted by Crippen LogP contribution is 2.32. The number of aromatic nitrogens is 4. The SMILES string of the molecule is CCC(C)(C)n1nnnc1[C@@H](c1ccccc1)N1CCN(c2cccc(OC)c2)CC1. The minimum atomic E-state index is -0.145. The lowest BCUT2D eigenvalue weighted by Gasteiger charge is -2.40. The van der Waals surface area contributed by atoms with Crippen LogP contribution in [0.25, 0.3) is 0 Å². The quantitative estimate of drug-likeness (QED) is 0.580. The molecule has 1 aliphatic rings. The molecule has 4 rings (SSSR count). The summed E-state index contributed by atoms with van der Waals surface area (Å²) < 4.78 is 7.42. The summed E-state index contributed by atoms with van der Waals surface area (Å²) in [6.45, 7) is 10.3. The van der Waals surface area contributed by atoms with Crippen LogP contribution in [0.4, 0.5) is 5.69 Å². The van der Waals surface area contributed by atoms with Crippen molar-refractivity contribution in [3.8, 4) is 5.75 Å². The average molecular weight is 421 g/mol. The molecule has 0 bridgehead atoms. The predicted octanol–water partition coefficient (Wildman–Crippen LogP) is 3.74. The Morgan fingerprint density at radius 1 is 1.00 bits per heavy atom. The molecule has 0 unspecified atom stereocenters. The first kappa shape index (κ1) is 21.3. The molecule has 1 aliphatic heterocycles. The topological polar surface area (TPSA) is 59.3 Å². The Morgan fingerprint density at radius 3 is 2.42 bits per heavy atom. The molecule has 1 saturated heterocycles. The van der Waals surface area contributed by atoms with Gasteiger partial charge < -0.3 is 9.64 Å². The molecule has 164 valence electrons. The van der Waals surface area contributed by atoms with E-state index < -0.39 is 0 Å². The Kier molecular flexibility index (Phi) is 6.23. The van der Waals surface area contributed by atoms with Crippen molar-refractivity contribution in [1.82, 2.24) is 25.1 Å². The van der Waals surface area contributed by atoms with Gasteiger partial charge in [-0.2, -0.15) is 0 Å². The van der Waals surface area contributed by atoms with Crippen molar-refractivity contribution in [3.05, 3.63) is 66.0 Å². The second-order valence-corrected chi connectivity index (χ2v) is 8.65. The number of nitrogens with zero attached hydrogens (tertiary/aromatic N) is 6. The molecular weight excluding hydrogens is 388 g/mol. The van der Waals surface area contributed by atoms with Gasteiger partial charge >= 0.3 is 0 Å². The molecule has 0 amide bonds. The van der Waals surface area contributed by atoms with E-state index in [-0.39, 0.29) is 11.6 Å². The standard InChI is InChI=1S/C24H32N6O/c1-5-24(2,3)30-23(25-26-27-30)22(19-10-7-6-8-11-19)29-16-14-28(15-17-29)20-12-9-13-21(18-20)31-4/h6-13,18,22H,5,14-17H2,1-4H3/t22-/m1/s1. The maximum absolute atomic E-state index is 5.41. The van der Waals surface area contributed by atoms with E-state index in [0.717, 1.165) is 44.2 Å². The van der Waals surface area contributed by atoms with Gasteiger partial charge in [-0.15, -0.1) is 5.10 Å². The van der Waals surface area contributed by atoms with E-state index in [1.165, 1.54) is 11.3 Å². The molecule has 0 spiro atoms. The van der Waals surface area contributed by atoms with Crippen molar-refractivity contribution >= 4 is 5.69 Å². The second kappa shape index (κ2) is 9.06. The lowest BCUT2D eigenvalue weighted by Crippen LogP contribution is -2.48. The lowest BCUT2D eigenvalue weighted by molar-refractivity contribution is 0.187. The van der Waals surface area contributed by atoms with Gasteiger partial charge in [-0.25, -0.2) is 4.68 Å². The molecule has 0 radical (unpaired) electrons. The third kappa shape index (κ3) is 4.42. The van der Waals surface area contributed by atoms with Gasteiger partial charge in [-0.3, -0.25) is 4.90 Å². The molecule has 7 nitrogen and oxygen atoms in total. The number of benzene rings is 2. The van der Waals surface area contributed by atoms with Crippen LogP contribution in [0, 0.1) is 0 Å². The molecule has 2 aromatic carbocycles. The number of rotatable bonds is 7. The fourth-order valence-electron chi connectivity index (χ4n) is 4.15. The Bertz CT molecular complexity index is 978. The predicted molar refractivity (Wildman–Crippen MR) is 122 cm³/mol. The molecule has 0 aliphatic carbocycles. The maximum Gasteiger partial charge on any atom is 0.173 e. The monoisotopic (exact) mass is 420 g/mol. The number of hydrogen-bond acceptors (Lipinski definition) is 6. The zero-order valence-electron chi connectivity index (χ0n) is 18.9. The van der Waals surface area contributed by atoms with Crippen molar-refractivity contribution in [1.29, 1.82) is 0 Å². The Hall–Kier alpha value is -2.93. The highest BCUT2D eigenvalue weighted by atomic mass is 16.5. The summed E-state index contributed by atoms with van der Waals surface area (Å²) in [5.41, 5.74) is 2.28. The zero-order chi connectivity index (χ0) is 21.8. The number of ether oxygens (including phenoxy) is 1. The highest BCUT2D eigenvalue weighted by molar-refractivity contribution is 5.51. The number of methoxy groups -OCH3 is 1. The summed E-state index contributed by atoms with van der Waals surface area (Å²) >= 11 is 0. The van der Waals surface area contributed by atoms with E-state index in [1.54, 1.807) is 7.11 Å². The van der Waals surface area contributed by atoms with Crippen molar-refractivity contribution in [3.63, 3.8) is 0 Å². The first-order valence-electron chi connectivity index (χ1n) is 11.0. The third-order valence-electron chi connectivity index (χ3n) is 6.39. The molecule has 31 heavy (non-hydrogen) atoms. The van der Waals surface area contributed by atoms with Crippen LogP contribution in [0.15, 0.2) is 54.6 Å². The average Bonchev–Trinajstić information content (AvgIpc) is 3.31. The van der Waals surface area contributed by atoms with Crippen LogP contribution in [0.2, 0.25) is 0 Å². The van der Waals surface area contributed by atoms with Crippen molar-refractivity contribution < 1.29 is 4.74 Å². The van der Waals surface area contributed by atoms with Gasteiger partial charge in [0.15, 0.2) is 5.82 Å². The van der Waals surface area contributed by atoms with Gasteiger partial charge in [0.25, 0.3) is 0 Å². The fourth-order valence-corrected chi connectivity index (χ4v) is 4.15. The van der Waals surface area contributed by atoms with Gasteiger partial charge in [-0.1, -0.05) is 43.3 Å². The van der Waals surface area contributed by atoms with Crippen LogP contribution in [0.5, 0.6) is 5.75 Å². The fraction of sp³-hybridized carbons (Fsp3) is 0.458. The van der Waals surface area contributed by atoms with Crippen LogP contribution in [-0.2, 0) is 5.54 Å². The van der Waals surface area contributed by atoms with Gasteiger partial charge in [0, 0.05) is 37.9 Å². The van der Waals surface area contributed by atoms with E-state index in [9.17, 15) is 0 Å². The number of hydrogen-bond donors (Lipinski definition) is 0. The minimum absolute atomic E-state index is 0.0227. The van der Waals surface area contributed by atoms with E-state index in [4.69, 9.17) is 4.74 Å². The third-order valence-corrected chi connectivity index (χ3v) is 6.39. The molecule has 0 N–H and O–H groups in total. The molecule has 0 saturated carbocycles. The summed E-state index contributed by atoms with van der Waals surface area (Å²) in [4.78, 5) is 4.92. The van der Waals surface area contributed by atoms with Gasteiger partial charge in [0.05, 0.1) is 18.7 Å². The van der Waals surface area contributed by atoms with E-state index in [2.05, 4.69) is 88.6 Å².